The lowest BCUT2D eigenvalue weighted by Crippen LogP contribution is -2.33. The Morgan fingerprint density at radius 3 is 2.30 bits per heavy atom. The van der Waals surface area contributed by atoms with E-state index in [0.717, 1.165) is 99.5 Å². The molecular formula is C32H48N6O2. The minimum atomic E-state index is 0.0276. The molecule has 4 rings (SSSR count). The van der Waals surface area contributed by atoms with Crippen LogP contribution in [0.25, 0.3) is 11.0 Å². The Bertz CT molecular complexity index is 1180. The highest BCUT2D eigenvalue weighted by atomic mass is 16.5. The zero-order valence-corrected chi connectivity index (χ0v) is 24.8. The number of ether oxygens (including phenoxy) is 1. The molecule has 3 heterocycles. The zero-order chi connectivity index (χ0) is 28.2. The summed E-state index contributed by atoms with van der Waals surface area (Å²) in [6.07, 6.45) is 13.3. The van der Waals surface area contributed by atoms with Gasteiger partial charge in [-0.15, -0.1) is 0 Å². The zero-order valence-electron chi connectivity index (χ0n) is 24.8. The molecule has 0 saturated carbocycles. The second-order valence-electron chi connectivity index (χ2n) is 11.0. The number of unbranched alkanes of at least 4 members (excludes halogenated alkanes) is 4. The van der Waals surface area contributed by atoms with Crippen LogP contribution in [-0.2, 0) is 6.54 Å². The maximum atomic E-state index is 13.7. The third kappa shape index (κ3) is 8.19. The van der Waals surface area contributed by atoms with Gasteiger partial charge in [0.2, 0.25) is 5.95 Å². The first-order valence-electron chi connectivity index (χ1n) is 15.4. The van der Waals surface area contributed by atoms with Gasteiger partial charge in [0.05, 0.1) is 18.8 Å². The smallest absolute Gasteiger partial charge is 0.272 e. The highest BCUT2D eigenvalue weighted by molar-refractivity contribution is 5.95. The number of nitrogens with one attached hydrogen (secondary N) is 1. The molecule has 3 aromatic rings. The van der Waals surface area contributed by atoms with Crippen LogP contribution in [0.2, 0.25) is 0 Å². The van der Waals surface area contributed by atoms with E-state index in [-0.39, 0.29) is 5.91 Å². The summed E-state index contributed by atoms with van der Waals surface area (Å²) in [4.78, 5) is 27.7. The topological polar surface area (TPSA) is 75.5 Å². The first-order chi connectivity index (χ1) is 19.6. The van der Waals surface area contributed by atoms with Crippen LogP contribution in [0.5, 0.6) is 5.75 Å². The standard InChI is InChI=1S/C32H48N6O2/c1-4-6-9-21-37(22-10-7-5-2)31(39)28-24-30-29(25-33-28)35-32(34-26-14-16-27(40-3)17-15-26)38(30)23-13-20-36-18-11-8-12-19-36/h14-17,24-25H,4-13,18-23H2,1-3H3,(H,34,35). The third-order valence-electron chi connectivity index (χ3n) is 7.86. The number of aromatic nitrogens is 3. The van der Waals surface area contributed by atoms with Gasteiger partial charge in [-0.2, -0.15) is 0 Å². The molecule has 218 valence electrons. The molecule has 8 nitrogen and oxygen atoms in total. The average molecular weight is 549 g/mol. The largest absolute Gasteiger partial charge is 0.497 e. The molecule has 1 amide bonds. The summed E-state index contributed by atoms with van der Waals surface area (Å²) < 4.78 is 7.54. The van der Waals surface area contributed by atoms with Gasteiger partial charge in [-0.1, -0.05) is 46.0 Å². The van der Waals surface area contributed by atoms with E-state index in [1.165, 1.54) is 32.4 Å². The van der Waals surface area contributed by atoms with Crippen LogP contribution >= 0.6 is 0 Å². The van der Waals surface area contributed by atoms with Gasteiger partial charge in [0.15, 0.2) is 0 Å². The van der Waals surface area contributed by atoms with Crippen LogP contribution in [0.1, 0.15) is 88.5 Å². The van der Waals surface area contributed by atoms with Crippen molar-refractivity contribution in [2.45, 2.75) is 84.6 Å². The molecule has 1 aromatic carbocycles. The van der Waals surface area contributed by atoms with E-state index in [0.29, 0.717) is 5.69 Å². The molecule has 1 N–H and O–H groups in total. The number of methoxy groups -OCH3 is 1. The van der Waals surface area contributed by atoms with Gasteiger partial charge in [0, 0.05) is 25.3 Å². The van der Waals surface area contributed by atoms with Crippen molar-refractivity contribution in [3.63, 3.8) is 0 Å². The summed E-state index contributed by atoms with van der Waals surface area (Å²) in [6.45, 7) is 10.2. The summed E-state index contributed by atoms with van der Waals surface area (Å²) >= 11 is 0. The molecule has 0 unspecified atom stereocenters. The van der Waals surface area contributed by atoms with E-state index >= 15 is 0 Å². The summed E-state index contributed by atoms with van der Waals surface area (Å²) in [5, 5.41) is 3.50. The lowest BCUT2D eigenvalue weighted by Gasteiger charge is -2.26. The molecule has 1 saturated heterocycles. The molecule has 1 aliphatic heterocycles. The number of nitrogens with zero attached hydrogens (tertiary/aromatic N) is 5. The number of benzene rings is 1. The Labute approximate surface area is 240 Å². The van der Waals surface area contributed by atoms with Crippen LogP contribution in [0.3, 0.4) is 0 Å². The molecule has 8 heteroatoms. The molecule has 1 aliphatic rings. The first kappa shape index (κ1) is 29.8. The number of amides is 1. The third-order valence-corrected chi connectivity index (χ3v) is 7.86. The number of hydrogen-bond acceptors (Lipinski definition) is 6. The van der Waals surface area contributed by atoms with Crippen LogP contribution in [0.15, 0.2) is 36.5 Å². The van der Waals surface area contributed by atoms with Crippen molar-refractivity contribution in [3.05, 3.63) is 42.2 Å². The average Bonchev–Trinajstić information content (AvgIpc) is 3.33. The molecule has 0 bridgehead atoms. The molecule has 2 aromatic heterocycles. The lowest BCUT2D eigenvalue weighted by atomic mass is 10.1. The Morgan fingerprint density at radius 2 is 1.65 bits per heavy atom. The number of anilines is 2. The van der Waals surface area contributed by atoms with Gasteiger partial charge in [-0.25, -0.2) is 9.97 Å². The molecule has 0 atom stereocenters. The van der Waals surface area contributed by atoms with E-state index in [1.54, 1.807) is 13.3 Å². The molecule has 0 radical (unpaired) electrons. The monoisotopic (exact) mass is 548 g/mol. The van der Waals surface area contributed by atoms with E-state index in [2.05, 4.69) is 33.6 Å². The van der Waals surface area contributed by atoms with Crippen molar-refractivity contribution >= 4 is 28.6 Å². The summed E-state index contributed by atoms with van der Waals surface area (Å²) in [7, 11) is 1.67. The van der Waals surface area contributed by atoms with Crippen LogP contribution in [0.4, 0.5) is 11.6 Å². The van der Waals surface area contributed by atoms with E-state index in [1.807, 2.05) is 35.2 Å². The molecule has 0 aliphatic carbocycles. The molecular weight excluding hydrogens is 500 g/mol. The number of imidazole rings is 1. The van der Waals surface area contributed by atoms with E-state index in [4.69, 9.17) is 9.72 Å². The SMILES string of the molecule is CCCCCN(CCCCC)C(=O)c1cc2c(cn1)nc(Nc1ccc(OC)cc1)n2CCCN1CCCCC1. The van der Waals surface area contributed by atoms with Gasteiger partial charge in [-0.05, 0) is 82.1 Å². The molecule has 0 spiro atoms. The van der Waals surface area contributed by atoms with Crippen molar-refractivity contribution in [2.75, 3.05) is 45.2 Å². The minimum Gasteiger partial charge on any atom is -0.497 e. The number of carbonyl (C=O) groups is 1. The van der Waals surface area contributed by atoms with Gasteiger partial charge in [0.1, 0.15) is 17.0 Å². The Morgan fingerprint density at radius 1 is 0.950 bits per heavy atom. The maximum Gasteiger partial charge on any atom is 0.272 e. The summed E-state index contributed by atoms with van der Waals surface area (Å²) in [5.74, 6) is 1.61. The fraction of sp³-hybridized carbons (Fsp3) is 0.594. The second-order valence-corrected chi connectivity index (χ2v) is 11.0. The maximum absolute atomic E-state index is 13.7. The lowest BCUT2D eigenvalue weighted by molar-refractivity contribution is 0.0744. The molecule has 40 heavy (non-hydrogen) atoms. The normalized spacial score (nSPS) is 14.0. The number of pyridine rings is 1. The van der Waals surface area contributed by atoms with Crippen molar-refractivity contribution in [1.29, 1.82) is 0 Å². The van der Waals surface area contributed by atoms with Gasteiger partial charge in [0.25, 0.3) is 5.91 Å². The number of piperidine rings is 1. The fourth-order valence-corrected chi connectivity index (χ4v) is 5.49. The first-order valence-corrected chi connectivity index (χ1v) is 15.4. The van der Waals surface area contributed by atoms with Gasteiger partial charge >= 0.3 is 0 Å². The van der Waals surface area contributed by atoms with Crippen molar-refractivity contribution in [2.24, 2.45) is 0 Å². The van der Waals surface area contributed by atoms with Gasteiger partial charge < -0.3 is 24.4 Å². The van der Waals surface area contributed by atoms with Crippen molar-refractivity contribution < 1.29 is 9.53 Å². The fourth-order valence-electron chi connectivity index (χ4n) is 5.49. The summed E-state index contributed by atoms with van der Waals surface area (Å²) in [6, 6.07) is 9.82. The Hall–Kier alpha value is -3.13. The number of likely N-dealkylation sites (tertiary alicyclic amines) is 1. The quantitative estimate of drug-likeness (QED) is 0.197. The highest BCUT2D eigenvalue weighted by Gasteiger charge is 2.20. The predicted octanol–water partition coefficient (Wildman–Crippen LogP) is 6.88. The van der Waals surface area contributed by atoms with Gasteiger partial charge in [-0.3, -0.25) is 4.79 Å². The number of hydrogen-bond donors (Lipinski definition) is 1. The van der Waals surface area contributed by atoms with Crippen LogP contribution < -0.4 is 10.1 Å². The Balaban J connectivity index is 1.59. The van der Waals surface area contributed by atoms with Crippen molar-refractivity contribution in [3.8, 4) is 5.75 Å². The number of rotatable bonds is 16. The van der Waals surface area contributed by atoms with Crippen molar-refractivity contribution in [1.82, 2.24) is 24.3 Å². The van der Waals surface area contributed by atoms with E-state index in [9.17, 15) is 4.79 Å². The number of carbonyl (C=O) groups excluding carboxylic acids is 1. The van der Waals surface area contributed by atoms with Crippen LogP contribution in [0, 0.1) is 0 Å². The number of aryl methyl sites for hydroxylation is 1. The number of fused-ring (bicyclic) bond motifs is 1. The Kier molecular flexibility index (Phi) is 11.6. The molecule has 1 fully saturated rings. The second kappa shape index (κ2) is 15.6. The van der Waals surface area contributed by atoms with Crippen LogP contribution in [-0.4, -0.2) is 70.1 Å². The summed E-state index contributed by atoms with van der Waals surface area (Å²) in [5.41, 5.74) is 3.20. The van der Waals surface area contributed by atoms with E-state index < -0.39 is 0 Å². The highest BCUT2D eigenvalue weighted by Crippen LogP contribution is 2.25. The predicted molar refractivity (Wildman–Crippen MR) is 164 cm³/mol. The minimum absolute atomic E-state index is 0.0276.